The van der Waals surface area contributed by atoms with Crippen LogP contribution in [0.15, 0.2) is 47.4 Å². The van der Waals surface area contributed by atoms with Crippen LogP contribution in [-0.2, 0) is 21.2 Å². The van der Waals surface area contributed by atoms with Crippen molar-refractivity contribution in [3.63, 3.8) is 0 Å². The summed E-state index contributed by atoms with van der Waals surface area (Å²) in [7, 11) is -2.05. The van der Waals surface area contributed by atoms with Crippen molar-refractivity contribution in [1.82, 2.24) is 4.31 Å². The number of nitrogens with zero attached hydrogens (tertiary/aromatic N) is 1. The SMILES string of the molecule is CCN(CC)S(=O)(=O)c1ccc(NC(=O)Cc2cc(C(C)=O)ccc2OC)cc1. The number of methoxy groups -OCH3 is 1. The number of nitrogens with one attached hydrogen (secondary N) is 1. The molecule has 0 aromatic heterocycles. The Bertz CT molecular complexity index is 981. The molecule has 2 aromatic carbocycles. The van der Waals surface area contributed by atoms with E-state index in [0.29, 0.717) is 35.7 Å². The molecular weight excluding hydrogens is 392 g/mol. The molecule has 0 saturated heterocycles. The number of carbonyl (C=O) groups is 2. The molecule has 8 heteroatoms. The van der Waals surface area contributed by atoms with Gasteiger partial charge in [-0.3, -0.25) is 9.59 Å². The molecule has 0 atom stereocenters. The summed E-state index contributed by atoms with van der Waals surface area (Å²) in [5.74, 6) is 0.119. The molecule has 0 fully saturated rings. The van der Waals surface area contributed by atoms with Gasteiger partial charge in [0.1, 0.15) is 5.75 Å². The second-order valence-electron chi connectivity index (χ2n) is 6.42. The van der Waals surface area contributed by atoms with Gasteiger partial charge < -0.3 is 10.1 Å². The molecule has 2 aromatic rings. The lowest BCUT2D eigenvalue weighted by atomic mass is 10.0. The summed E-state index contributed by atoms with van der Waals surface area (Å²) < 4.78 is 31.7. The molecular formula is C21H26N2O5S. The summed E-state index contributed by atoms with van der Waals surface area (Å²) in [5.41, 5.74) is 1.58. The highest BCUT2D eigenvalue weighted by molar-refractivity contribution is 7.89. The predicted molar refractivity (Wildman–Crippen MR) is 112 cm³/mol. The molecule has 0 unspecified atom stereocenters. The van der Waals surface area contributed by atoms with E-state index < -0.39 is 10.0 Å². The maximum atomic E-state index is 12.5. The Balaban J connectivity index is 2.14. The molecule has 0 aliphatic heterocycles. The maximum Gasteiger partial charge on any atom is 0.243 e. The Morgan fingerprint density at radius 3 is 2.17 bits per heavy atom. The van der Waals surface area contributed by atoms with Gasteiger partial charge in [-0.05, 0) is 49.4 Å². The van der Waals surface area contributed by atoms with Gasteiger partial charge >= 0.3 is 0 Å². The number of hydrogen-bond donors (Lipinski definition) is 1. The molecule has 1 N–H and O–H groups in total. The van der Waals surface area contributed by atoms with E-state index in [1.807, 2.05) is 0 Å². The van der Waals surface area contributed by atoms with E-state index in [2.05, 4.69) is 5.32 Å². The molecule has 0 aliphatic rings. The van der Waals surface area contributed by atoms with Crippen LogP contribution in [-0.4, -0.2) is 44.6 Å². The van der Waals surface area contributed by atoms with E-state index in [0.717, 1.165) is 0 Å². The minimum atomic E-state index is -3.54. The fourth-order valence-corrected chi connectivity index (χ4v) is 4.39. The second-order valence-corrected chi connectivity index (χ2v) is 8.36. The van der Waals surface area contributed by atoms with Crippen LogP contribution in [0.1, 0.15) is 36.7 Å². The zero-order valence-electron chi connectivity index (χ0n) is 17.1. The normalized spacial score (nSPS) is 11.3. The lowest BCUT2D eigenvalue weighted by Gasteiger charge is -2.18. The topological polar surface area (TPSA) is 92.8 Å². The van der Waals surface area contributed by atoms with Gasteiger partial charge in [0.15, 0.2) is 5.78 Å². The average molecular weight is 419 g/mol. The number of amides is 1. The van der Waals surface area contributed by atoms with Gasteiger partial charge in [-0.1, -0.05) is 13.8 Å². The largest absolute Gasteiger partial charge is 0.496 e. The van der Waals surface area contributed by atoms with Crippen molar-refractivity contribution in [2.75, 3.05) is 25.5 Å². The number of ether oxygens (including phenoxy) is 1. The first-order chi connectivity index (χ1) is 13.7. The third-order valence-corrected chi connectivity index (χ3v) is 6.58. The van der Waals surface area contributed by atoms with Crippen molar-refractivity contribution in [3.05, 3.63) is 53.6 Å². The number of ketones is 1. The van der Waals surface area contributed by atoms with E-state index in [1.165, 1.54) is 30.5 Å². The smallest absolute Gasteiger partial charge is 0.243 e. The highest BCUT2D eigenvalue weighted by atomic mass is 32.2. The molecule has 0 aliphatic carbocycles. The van der Waals surface area contributed by atoms with Crippen molar-refractivity contribution in [3.8, 4) is 5.75 Å². The third-order valence-electron chi connectivity index (χ3n) is 4.52. The fraction of sp³-hybridized carbons (Fsp3) is 0.333. The van der Waals surface area contributed by atoms with E-state index in [1.54, 1.807) is 44.2 Å². The van der Waals surface area contributed by atoms with Crippen molar-refractivity contribution in [1.29, 1.82) is 0 Å². The minimum absolute atomic E-state index is 0.0176. The summed E-state index contributed by atoms with van der Waals surface area (Å²) in [6.45, 7) is 5.80. The van der Waals surface area contributed by atoms with Crippen LogP contribution < -0.4 is 10.1 Å². The molecule has 29 heavy (non-hydrogen) atoms. The standard InChI is InChI=1S/C21H26N2O5S/c1-5-23(6-2)29(26,27)19-10-8-18(9-11-19)22-21(25)14-17-13-16(15(3)24)7-12-20(17)28-4/h7-13H,5-6,14H2,1-4H3,(H,22,25). The van der Waals surface area contributed by atoms with Gasteiger partial charge in [0.05, 0.1) is 18.4 Å². The molecule has 0 spiro atoms. The monoisotopic (exact) mass is 418 g/mol. The average Bonchev–Trinajstić information content (AvgIpc) is 2.69. The zero-order chi connectivity index (χ0) is 21.6. The summed E-state index contributed by atoms with van der Waals surface area (Å²) in [4.78, 5) is 24.2. The van der Waals surface area contributed by atoms with Crippen molar-refractivity contribution in [2.24, 2.45) is 0 Å². The number of hydrogen-bond acceptors (Lipinski definition) is 5. The van der Waals surface area contributed by atoms with Crippen molar-refractivity contribution in [2.45, 2.75) is 32.1 Å². The first kappa shape index (κ1) is 22.6. The zero-order valence-corrected chi connectivity index (χ0v) is 17.9. The summed E-state index contributed by atoms with van der Waals surface area (Å²) in [5, 5.41) is 2.74. The quantitative estimate of drug-likeness (QED) is 0.632. The molecule has 0 radical (unpaired) electrons. The van der Waals surface area contributed by atoms with Crippen LogP contribution in [0, 0.1) is 0 Å². The third kappa shape index (κ3) is 5.42. The van der Waals surface area contributed by atoms with Gasteiger partial charge in [-0.25, -0.2) is 8.42 Å². The summed E-state index contributed by atoms with van der Waals surface area (Å²) in [6, 6.07) is 11.0. The molecule has 1 amide bonds. The maximum absolute atomic E-state index is 12.5. The van der Waals surface area contributed by atoms with Crippen LogP contribution in [0.4, 0.5) is 5.69 Å². The number of anilines is 1. The van der Waals surface area contributed by atoms with Gasteiger partial charge in [-0.15, -0.1) is 0 Å². The van der Waals surface area contributed by atoms with Gasteiger partial charge in [0, 0.05) is 29.9 Å². The predicted octanol–water partition coefficient (Wildman–Crippen LogP) is 3.11. The Morgan fingerprint density at radius 1 is 1.03 bits per heavy atom. The Kier molecular flexibility index (Phi) is 7.53. The molecule has 7 nitrogen and oxygen atoms in total. The number of sulfonamides is 1. The van der Waals surface area contributed by atoms with Gasteiger partial charge in [0.25, 0.3) is 0 Å². The Labute approximate surface area is 171 Å². The molecule has 0 saturated carbocycles. The molecule has 0 bridgehead atoms. The van der Waals surface area contributed by atoms with Crippen molar-refractivity contribution >= 4 is 27.4 Å². The van der Waals surface area contributed by atoms with Crippen molar-refractivity contribution < 1.29 is 22.7 Å². The molecule has 0 heterocycles. The number of Topliss-reactive ketones (excluding diaryl/α,β-unsaturated/α-hetero) is 1. The van der Waals surface area contributed by atoms with Gasteiger partial charge in [-0.2, -0.15) is 4.31 Å². The van der Waals surface area contributed by atoms with E-state index in [-0.39, 0.29) is 23.0 Å². The highest BCUT2D eigenvalue weighted by Crippen LogP contribution is 2.22. The summed E-state index contributed by atoms with van der Waals surface area (Å²) in [6.07, 6.45) is 0.0176. The first-order valence-electron chi connectivity index (χ1n) is 9.30. The van der Waals surface area contributed by atoms with E-state index >= 15 is 0 Å². The van der Waals surface area contributed by atoms with E-state index in [4.69, 9.17) is 4.74 Å². The minimum Gasteiger partial charge on any atom is -0.496 e. The number of benzene rings is 2. The highest BCUT2D eigenvalue weighted by Gasteiger charge is 2.21. The molecule has 2 rings (SSSR count). The van der Waals surface area contributed by atoms with Crippen LogP contribution in [0.25, 0.3) is 0 Å². The summed E-state index contributed by atoms with van der Waals surface area (Å²) >= 11 is 0. The number of carbonyl (C=O) groups excluding carboxylic acids is 2. The second kappa shape index (κ2) is 9.67. The van der Waals surface area contributed by atoms with Crippen LogP contribution in [0.3, 0.4) is 0 Å². The number of rotatable bonds is 9. The van der Waals surface area contributed by atoms with Crippen LogP contribution in [0.2, 0.25) is 0 Å². The van der Waals surface area contributed by atoms with Gasteiger partial charge in [0.2, 0.25) is 15.9 Å². The van der Waals surface area contributed by atoms with Crippen LogP contribution >= 0.6 is 0 Å². The van der Waals surface area contributed by atoms with Crippen LogP contribution in [0.5, 0.6) is 5.75 Å². The Morgan fingerprint density at radius 2 is 1.66 bits per heavy atom. The molecule has 156 valence electrons. The Hall–Kier alpha value is -2.71. The fourth-order valence-electron chi connectivity index (χ4n) is 2.94. The van der Waals surface area contributed by atoms with E-state index in [9.17, 15) is 18.0 Å². The first-order valence-corrected chi connectivity index (χ1v) is 10.7. The lowest BCUT2D eigenvalue weighted by Crippen LogP contribution is -2.30. The lowest BCUT2D eigenvalue weighted by molar-refractivity contribution is -0.115.